The Hall–Kier alpha value is -0.900. The topological polar surface area (TPSA) is 63.6 Å². The molecule has 1 aliphatic carbocycles. The fourth-order valence-electron chi connectivity index (χ4n) is 1.44. The number of carbonyl (C=O) groups excluding carboxylic acids is 1. The summed E-state index contributed by atoms with van der Waals surface area (Å²) in [6, 6.07) is 0. The van der Waals surface area contributed by atoms with Crippen LogP contribution in [0.1, 0.15) is 19.3 Å². The number of hydrogen-bond acceptors (Lipinski definition) is 3. The maximum Gasteiger partial charge on any atom is 0.306 e. The average Bonchev–Trinajstić information content (AvgIpc) is 2.05. The predicted octanol–water partition coefficient (Wildman–Crippen LogP) is 0.455. The second kappa shape index (κ2) is 3.67. The molecule has 0 spiro atoms. The van der Waals surface area contributed by atoms with Crippen LogP contribution in [0.25, 0.3) is 0 Å². The third-order valence-electron chi connectivity index (χ3n) is 2.23. The molecule has 0 amide bonds. The van der Waals surface area contributed by atoms with Gasteiger partial charge in [0.1, 0.15) is 6.10 Å². The third kappa shape index (κ3) is 1.82. The van der Waals surface area contributed by atoms with E-state index in [1.807, 2.05) is 0 Å². The number of hydrogen-bond donors (Lipinski definition) is 1. The first-order chi connectivity index (χ1) is 5.65. The summed E-state index contributed by atoms with van der Waals surface area (Å²) < 4.78 is 4.87. The minimum Gasteiger partial charge on any atom is -0.481 e. The van der Waals surface area contributed by atoms with E-state index >= 15 is 0 Å². The van der Waals surface area contributed by atoms with Crippen LogP contribution in [0.15, 0.2) is 0 Å². The normalized spacial score (nSPS) is 30.2. The molecule has 68 valence electrons. The third-order valence-corrected chi connectivity index (χ3v) is 2.23. The molecule has 0 radical (unpaired) electrons. The van der Waals surface area contributed by atoms with Crippen molar-refractivity contribution in [3.05, 3.63) is 0 Å². The fraction of sp³-hybridized carbons (Fsp3) is 0.750. The molecule has 1 fully saturated rings. The molecule has 0 aliphatic heterocycles. The van der Waals surface area contributed by atoms with Gasteiger partial charge in [-0.2, -0.15) is 0 Å². The van der Waals surface area contributed by atoms with E-state index in [0.29, 0.717) is 19.3 Å². The van der Waals surface area contributed by atoms with Gasteiger partial charge in [0.05, 0.1) is 5.92 Å². The van der Waals surface area contributed by atoms with E-state index in [2.05, 4.69) is 0 Å². The molecule has 0 aromatic rings. The molecular weight excluding hydrogens is 160 g/mol. The Balaban J connectivity index is 2.55. The van der Waals surface area contributed by atoms with Crippen molar-refractivity contribution in [3.63, 3.8) is 0 Å². The molecular formula is C8H12O4. The summed E-state index contributed by atoms with van der Waals surface area (Å²) in [6.07, 6.45) is 0.605. The summed E-state index contributed by atoms with van der Waals surface area (Å²) in [7, 11) is 1.44. The van der Waals surface area contributed by atoms with E-state index in [0.717, 1.165) is 0 Å². The lowest BCUT2D eigenvalue weighted by Crippen LogP contribution is -2.34. The van der Waals surface area contributed by atoms with Gasteiger partial charge in [0.15, 0.2) is 5.78 Å². The van der Waals surface area contributed by atoms with Gasteiger partial charge < -0.3 is 9.84 Å². The maximum absolute atomic E-state index is 11.1. The Labute approximate surface area is 70.5 Å². The highest BCUT2D eigenvalue weighted by molar-refractivity contribution is 5.86. The van der Waals surface area contributed by atoms with Crippen molar-refractivity contribution >= 4 is 11.8 Å². The average molecular weight is 172 g/mol. The molecule has 1 N–H and O–H groups in total. The number of carboxylic acid groups (broad SMARTS) is 1. The molecule has 0 saturated heterocycles. The standard InChI is InChI=1S/C8H12O4/c1-12-7-4-5(8(10)11)2-3-6(7)9/h5,7H,2-4H2,1H3,(H,10,11). The number of ether oxygens (including phenoxy) is 1. The van der Waals surface area contributed by atoms with Crippen LogP contribution in [-0.2, 0) is 14.3 Å². The highest BCUT2D eigenvalue weighted by Crippen LogP contribution is 2.23. The predicted molar refractivity (Wildman–Crippen MR) is 40.8 cm³/mol. The number of aliphatic carboxylic acids is 1. The van der Waals surface area contributed by atoms with Crippen LogP contribution in [0.5, 0.6) is 0 Å². The molecule has 0 aromatic carbocycles. The van der Waals surface area contributed by atoms with Crippen LogP contribution >= 0.6 is 0 Å². The van der Waals surface area contributed by atoms with Gasteiger partial charge in [-0.15, -0.1) is 0 Å². The van der Waals surface area contributed by atoms with Crippen molar-refractivity contribution in [1.29, 1.82) is 0 Å². The zero-order valence-electron chi connectivity index (χ0n) is 6.95. The largest absolute Gasteiger partial charge is 0.481 e. The maximum atomic E-state index is 11.1. The van der Waals surface area contributed by atoms with Crippen molar-refractivity contribution in [2.24, 2.45) is 5.92 Å². The van der Waals surface area contributed by atoms with Gasteiger partial charge in [-0.1, -0.05) is 0 Å². The Morgan fingerprint density at radius 3 is 2.83 bits per heavy atom. The van der Waals surface area contributed by atoms with E-state index in [9.17, 15) is 9.59 Å². The first kappa shape index (κ1) is 9.19. The SMILES string of the molecule is COC1CC(C(=O)O)CCC1=O. The fourth-order valence-corrected chi connectivity index (χ4v) is 1.44. The number of ketones is 1. The van der Waals surface area contributed by atoms with Gasteiger partial charge in [0.25, 0.3) is 0 Å². The lowest BCUT2D eigenvalue weighted by atomic mass is 9.86. The monoisotopic (exact) mass is 172 g/mol. The van der Waals surface area contributed by atoms with E-state index in [-0.39, 0.29) is 5.78 Å². The molecule has 1 aliphatic rings. The van der Waals surface area contributed by atoms with Crippen molar-refractivity contribution in [2.45, 2.75) is 25.4 Å². The smallest absolute Gasteiger partial charge is 0.306 e. The van der Waals surface area contributed by atoms with Crippen molar-refractivity contribution in [2.75, 3.05) is 7.11 Å². The zero-order valence-corrected chi connectivity index (χ0v) is 6.95. The molecule has 0 bridgehead atoms. The van der Waals surface area contributed by atoms with Gasteiger partial charge in [0.2, 0.25) is 0 Å². The second-order valence-corrected chi connectivity index (χ2v) is 3.00. The molecule has 1 rings (SSSR count). The highest BCUT2D eigenvalue weighted by atomic mass is 16.5. The van der Waals surface area contributed by atoms with Gasteiger partial charge in [-0.05, 0) is 12.8 Å². The van der Waals surface area contributed by atoms with Crippen LogP contribution in [0.4, 0.5) is 0 Å². The Morgan fingerprint density at radius 2 is 2.33 bits per heavy atom. The van der Waals surface area contributed by atoms with E-state index in [1.165, 1.54) is 7.11 Å². The van der Waals surface area contributed by atoms with Crippen molar-refractivity contribution in [3.8, 4) is 0 Å². The minimum atomic E-state index is -0.829. The number of carboxylic acids is 1. The van der Waals surface area contributed by atoms with Gasteiger partial charge in [-0.25, -0.2) is 0 Å². The summed E-state index contributed by atoms with van der Waals surface area (Å²) in [5.41, 5.74) is 0. The summed E-state index contributed by atoms with van der Waals surface area (Å²) in [5, 5.41) is 8.67. The molecule has 2 atom stereocenters. The number of methoxy groups -OCH3 is 1. The molecule has 4 nitrogen and oxygen atoms in total. The summed E-state index contributed by atoms with van der Waals surface area (Å²) in [4.78, 5) is 21.6. The van der Waals surface area contributed by atoms with Crippen molar-refractivity contribution < 1.29 is 19.4 Å². The van der Waals surface area contributed by atoms with E-state index < -0.39 is 18.0 Å². The number of carbonyl (C=O) groups is 2. The van der Waals surface area contributed by atoms with Crippen LogP contribution in [0.3, 0.4) is 0 Å². The first-order valence-electron chi connectivity index (χ1n) is 3.93. The summed E-state index contributed by atoms with van der Waals surface area (Å²) in [6.45, 7) is 0. The zero-order chi connectivity index (χ0) is 9.14. The van der Waals surface area contributed by atoms with E-state index in [1.54, 1.807) is 0 Å². The van der Waals surface area contributed by atoms with E-state index in [4.69, 9.17) is 9.84 Å². The Bertz CT molecular complexity index is 199. The van der Waals surface area contributed by atoms with Crippen LogP contribution in [-0.4, -0.2) is 30.1 Å². The minimum absolute atomic E-state index is 0.0231. The lowest BCUT2D eigenvalue weighted by molar-refractivity contribution is -0.147. The van der Waals surface area contributed by atoms with Crippen LogP contribution < -0.4 is 0 Å². The molecule has 4 heteroatoms. The molecule has 1 saturated carbocycles. The van der Waals surface area contributed by atoms with Gasteiger partial charge in [0, 0.05) is 13.5 Å². The highest BCUT2D eigenvalue weighted by Gasteiger charge is 2.32. The lowest BCUT2D eigenvalue weighted by Gasteiger charge is -2.23. The van der Waals surface area contributed by atoms with Crippen LogP contribution in [0.2, 0.25) is 0 Å². The number of Topliss-reactive ketones (excluding diaryl/α,β-unsaturated/α-hetero) is 1. The quantitative estimate of drug-likeness (QED) is 0.657. The second-order valence-electron chi connectivity index (χ2n) is 3.00. The number of rotatable bonds is 2. The first-order valence-corrected chi connectivity index (χ1v) is 3.93. The van der Waals surface area contributed by atoms with Crippen LogP contribution in [0, 0.1) is 5.92 Å². The summed E-state index contributed by atoms with van der Waals surface area (Å²) >= 11 is 0. The van der Waals surface area contributed by atoms with Crippen molar-refractivity contribution in [1.82, 2.24) is 0 Å². The molecule has 2 unspecified atom stereocenters. The molecule has 0 heterocycles. The Morgan fingerprint density at radius 1 is 1.67 bits per heavy atom. The van der Waals surface area contributed by atoms with Gasteiger partial charge in [-0.3, -0.25) is 9.59 Å². The Kier molecular flexibility index (Phi) is 2.81. The molecule has 0 aromatic heterocycles. The molecule has 12 heavy (non-hydrogen) atoms. The summed E-state index contributed by atoms with van der Waals surface area (Å²) in [5.74, 6) is -1.22. The van der Waals surface area contributed by atoms with Gasteiger partial charge >= 0.3 is 5.97 Å².